The maximum absolute atomic E-state index is 14.6. The fourth-order valence-electron chi connectivity index (χ4n) is 2.64. The van der Waals surface area contributed by atoms with Gasteiger partial charge in [-0.25, -0.2) is 12.8 Å². The normalized spacial score (nSPS) is 12.4. The second kappa shape index (κ2) is 8.21. The summed E-state index contributed by atoms with van der Waals surface area (Å²) in [5, 5.41) is 6.51. The topological polar surface area (TPSA) is 76.3 Å². The summed E-state index contributed by atoms with van der Waals surface area (Å²) in [6, 6.07) is 6.83. The van der Waals surface area contributed by atoms with Gasteiger partial charge >= 0.3 is 12.6 Å². The predicted octanol–water partition coefficient (Wildman–Crippen LogP) is 4.80. The first-order chi connectivity index (χ1) is 14.4. The number of hydrogen-bond donors (Lipinski definition) is 0. The van der Waals surface area contributed by atoms with Crippen LogP contribution in [0.2, 0.25) is 0 Å². The van der Waals surface area contributed by atoms with Gasteiger partial charge in [0.2, 0.25) is 15.9 Å². The Morgan fingerprint density at radius 2 is 1.81 bits per heavy atom. The number of halogens is 6. The maximum Gasteiger partial charge on any atom is 0.416 e. The monoisotopic (exact) mass is 465 g/mol. The highest BCUT2D eigenvalue weighted by Crippen LogP contribution is 2.33. The smallest absolute Gasteiger partial charge is 0.415 e. The van der Waals surface area contributed by atoms with Crippen LogP contribution >= 0.6 is 0 Å². The molecule has 0 aliphatic rings. The lowest BCUT2D eigenvalue weighted by Crippen LogP contribution is -2.30. The standard InChI is InChI=1S/C18H13F6N3O3S/c1-31(28,29)27(13-4-2-3-12(8-13)18(22,23)24)9-11-6-5-10(7-14(11)19)16-25-26-17(30-16)15(20)21/h2-8,15H,9H2,1H3. The van der Waals surface area contributed by atoms with E-state index in [1.54, 1.807) is 0 Å². The van der Waals surface area contributed by atoms with Crippen LogP contribution in [0, 0.1) is 5.82 Å². The molecule has 0 bridgehead atoms. The average molecular weight is 465 g/mol. The van der Waals surface area contributed by atoms with Gasteiger partial charge in [-0.1, -0.05) is 12.1 Å². The molecule has 1 aromatic heterocycles. The van der Waals surface area contributed by atoms with Gasteiger partial charge in [0.25, 0.3) is 5.89 Å². The molecule has 1 heterocycles. The highest BCUT2D eigenvalue weighted by atomic mass is 32.2. The van der Waals surface area contributed by atoms with Crippen LogP contribution in [0.25, 0.3) is 11.5 Å². The van der Waals surface area contributed by atoms with Crippen LogP contribution in [0.3, 0.4) is 0 Å². The van der Waals surface area contributed by atoms with Crippen molar-refractivity contribution < 1.29 is 39.2 Å². The zero-order chi connectivity index (χ0) is 23.0. The zero-order valence-corrected chi connectivity index (χ0v) is 16.4. The van der Waals surface area contributed by atoms with Gasteiger partial charge in [0.05, 0.1) is 24.1 Å². The van der Waals surface area contributed by atoms with E-state index in [1.807, 2.05) is 0 Å². The Balaban J connectivity index is 1.94. The Morgan fingerprint density at radius 3 is 2.35 bits per heavy atom. The molecular formula is C18H13F6N3O3S. The third-order valence-corrected chi connectivity index (χ3v) is 5.24. The van der Waals surface area contributed by atoms with Crippen LogP contribution in [0.4, 0.5) is 32.0 Å². The first-order valence-corrected chi connectivity index (χ1v) is 10.3. The molecule has 0 spiro atoms. The minimum Gasteiger partial charge on any atom is -0.415 e. The Hall–Kier alpha value is -3.09. The van der Waals surface area contributed by atoms with Gasteiger partial charge in [0, 0.05) is 11.1 Å². The minimum atomic E-state index is -4.70. The van der Waals surface area contributed by atoms with Crippen molar-refractivity contribution in [2.45, 2.75) is 19.1 Å². The summed E-state index contributed by atoms with van der Waals surface area (Å²) in [5.74, 6) is -2.28. The lowest BCUT2D eigenvalue weighted by Gasteiger charge is -2.23. The number of alkyl halides is 5. The van der Waals surface area contributed by atoms with Gasteiger partial charge in [-0.15, -0.1) is 10.2 Å². The summed E-state index contributed by atoms with van der Waals surface area (Å²) in [6.07, 6.45) is -6.95. The van der Waals surface area contributed by atoms with Crippen molar-refractivity contribution in [3.8, 4) is 11.5 Å². The molecule has 0 aliphatic heterocycles. The fraction of sp³-hybridized carbons (Fsp3) is 0.222. The Kier molecular flexibility index (Phi) is 5.98. The number of rotatable bonds is 6. The number of nitrogens with zero attached hydrogens (tertiary/aromatic N) is 3. The number of hydrogen-bond acceptors (Lipinski definition) is 5. The van der Waals surface area contributed by atoms with Crippen molar-refractivity contribution in [3.05, 3.63) is 65.3 Å². The van der Waals surface area contributed by atoms with Crippen molar-refractivity contribution in [1.82, 2.24) is 10.2 Å². The maximum atomic E-state index is 14.6. The largest absolute Gasteiger partial charge is 0.416 e. The Bertz CT molecular complexity index is 1190. The Morgan fingerprint density at radius 1 is 1.10 bits per heavy atom. The van der Waals surface area contributed by atoms with Gasteiger partial charge in [0.15, 0.2) is 0 Å². The van der Waals surface area contributed by atoms with E-state index in [0.717, 1.165) is 36.6 Å². The van der Waals surface area contributed by atoms with Gasteiger partial charge in [-0.3, -0.25) is 4.31 Å². The number of sulfonamides is 1. The molecule has 6 nitrogen and oxygen atoms in total. The third kappa shape index (κ3) is 5.16. The molecule has 0 aliphatic carbocycles. The lowest BCUT2D eigenvalue weighted by atomic mass is 10.1. The second-order valence-electron chi connectivity index (χ2n) is 6.37. The van der Waals surface area contributed by atoms with Gasteiger partial charge in [-0.05, 0) is 30.3 Å². The van der Waals surface area contributed by atoms with E-state index in [1.165, 1.54) is 6.07 Å². The quantitative estimate of drug-likeness (QED) is 0.489. The van der Waals surface area contributed by atoms with Crippen molar-refractivity contribution in [2.24, 2.45) is 0 Å². The van der Waals surface area contributed by atoms with Gasteiger partial charge in [-0.2, -0.15) is 22.0 Å². The molecule has 166 valence electrons. The molecule has 0 saturated carbocycles. The molecule has 13 heteroatoms. The van der Waals surface area contributed by atoms with Crippen LogP contribution in [-0.4, -0.2) is 24.9 Å². The predicted molar refractivity (Wildman–Crippen MR) is 97.1 cm³/mol. The van der Waals surface area contributed by atoms with Gasteiger partial charge in [0.1, 0.15) is 5.82 Å². The van der Waals surface area contributed by atoms with E-state index < -0.39 is 46.4 Å². The molecular weight excluding hydrogens is 452 g/mol. The molecule has 0 N–H and O–H groups in total. The van der Waals surface area contributed by atoms with Crippen molar-refractivity contribution in [2.75, 3.05) is 10.6 Å². The first-order valence-electron chi connectivity index (χ1n) is 8.41. The lowest BCUT2D eigenvalue weighted by molar-refractivity contribution is -0.137. The minimum absolute atomic E-state index is 0.0365. The fourth-order valence-corrected chi connectivity index (χ4v) is 3.51. The number of anilines is 1. The van der Waals surface area contributed by atoms with Crippen LogP contribution < -0.4 is 4.31 Å². The summed E-state index contributed by atoms with van der Waals surface area (Å²) in [5.41, 5.74) is -1.59. The summed E-state index contributed by atoms with van der Waals surface area (Å²) in [7, 11) is -4.09. The molecule has 0 unspecified atom stereocenters. The average Bonchev–Trinajstić information content (AvgIpc) is 3.16. The summed E-state index contributed by atoms with van der Waals surface area (Å²) >= 11 is 0. The third-order valence-electron chi connectivity index (χ3n) is 4.10. The van der Waals surface area contributed by atoms with Crippen LogP contribution in [-0.2, 0) is 22.7 Å². The van der Waals surface area contributed by atoms with E-state index in [-0.39, 0.29) is 22.7 Å². The highest BCUT2D eigenvalue weighted by Gasteiger charge is 2.31. The first kappa shape index (κ1) is 22.6. The van der Waals surface area contributed by atoms with Crippen molar-refractivity contribution in [3.63, 3.8) is 0 Å². The van der Waals surface area contributed by atoms with E-state index in [9.17, 15) is 34.8 Å². The van der Waals surface area contributed by atoms with E-state index in [4.69, 9.17) is 4.42 Å². The highest BCUT2D eigenvalue weighted by molar-refractivity contribution is 7.92. The van der Waals surface area contributed by atoms with E-state index >= 15 is 0 Å². The Labute approximate surface area is 172 Å². The molecule has 3 rings (SSSR count). The van der Waals surface area contributed by atoms with Crippen LogP contribution in [0.1, 0.15) is 23.4 Å². The number of aromatic nitrogens is 2. The molecule has 0 atom stereocenters. The summed E-state index contributed by atoms with van der Waals surface area (Å²) in [6.45, 7) is -0.613. The van der Waals surface area contributed by atoms with E-state index in [2.05, 4.69) is 10.2 Å². The summed E-state index contributed by atoms with van der Waals surface area (Å²) in [4.78, 5) is 0. The summed E-state index contributed by atoms with van der Waals surface area (Å²) < 4.78 is 108. The molecule has 31 heavy (non-hydrogen) atoms. The van der Waals surface area contributed by atoms with Crippen LogP contribution in [0.5, 0.6) is 0 Å². The van der Waals surface area contributed by atoms with Crippen molar-refractivity contribution >= 4 is 15.7 Å². The second-order valence-corrected chi connectivity index (χ2v) is 8.28. The molecule has 0 radical (unpaired) electrons. The van der Waals surface area contributed by atoms with Crippen LogP contribution in [0.15, 0.2) is 46.9 Å². The molecule has 0 saturated heterocycles. The molecule has 2 aromatic carbocycles. The molecule has 3 aromatic rings. The molecule has 0 fully saturated rings. The molecule has 0 amide bonds. The van der Waals surface area contributed by atoms with Crippen molar-refractivity contribution in [1.29, 1.82) is 0 Å². The van der Waals surface area contributed by atoms with E-state index in [0.29, 0.717) is 10.4 Å². The van der Waals surface area contributed by atoms with Gasteiger partial charge < -0.3 is 4.42 Å². The zero-order valence-electron chi connectivity index (χ0n) is 15.6. The SMILES string of the molecule is CS(=O)(=O)N(Cc1ccc(-c2nnc(C(F)F)o2)cc1F)c1cccc(C(F)(F)F)c1. The number of benzene rings is 2.